The van der Waals surface area contributed by atoms with E-state index in [4.69, 9.17) is 4.74 Å². The fraction of sp³-hybridized carbons (Fsp3) is 0.333. The van der Waals surface area contributed by atoms with Crippen molar-refractivity contribution in [2.75, 3.05) is 44.5 Å². The van der Waals surface area contributed by atoms with Crippen molar-refractivity contribution in [2.45, 2.75) is 13.3 Å². The number of carbonyl (C=O) groups is 2. The molecule has 0 atom stereocenters. The normalized spacial score (nSPS) is 10.2. The molecule has 0 unspecified atom stereocenters. The lowest BCUT2D eigenvalue weighted by Crippen LogP contribution is -2.38. The highest BCUT2D eigenvalue weighted by Gasteiger charge is 2.14. The third-order valence-corrected chi connectivity index (χ3v) is 4.25. The van der Waals surface area contributed by atoms with Crippen molar-refractivity contribution in [3.63, 3.8) is 0 Å². The third-order valence-electron chi connectivity index (χ3n) is 4.25. The van der Waals surface area contributed by atoms with Gasteiger partial charge in [0.1, 0.15) is 5.75 Å². The standard InChI is InChI=1S/C21H27N3O3/c1-16(25)24(13-12-17-6-5-7-20(14-17)27-4)15-21(26)22-18-8-10-19(11-9-18)23(2)3/h5-11,14H,12-13,15H2,1-4H3,(H,22,26). The topological polar surface area (TPSA) is 61.9 Å². The van der Waals surface area contributed by atoms with E-state index < -0.39 is 0 Å². The maximum atomic E-state index is 12.3. The van der Waals surface area contributed by atoms with Crippen LogP contribution in [0, 0.1) is 0 Å². The van der Waals surface area contributed by atoms with Gasteiger partial charge in [-0.25, -0.2) is 0 Å². The monoisotopic (exact) mass is 369 g/mol. The molecule has 0 spiro atoms. The molecule has 6 nitrogen and oxygen atoms in total. The summed E-state index contributed by atoms with van der Waals surface area (Å²) in [5.74, 6) is 0.435. The third kappa shape index (κ3) is 6.33. The summed E-state index contributed by atoms with van der Waals surface area (Å²) in [4.78, 5) is 27.8. The summed E-state index contributed by atoms with van der Waals surface area (Å²) in [7, 11) is 5.54. The van der Waals surface area contributed by atoms with Gasteiger partial charge in [0.2, 0.25) is 11.8 Å². The maximum absolute atomic E-state index is 12.3. The number of benzene rings is 2. The molecule has 27 heavy (non-hydrogen) atoms. The molecule has 0 saturated carbocycles. The molecule has 144 valence electrons. The molecule has 0 radical (unpaired) electrons. The van der Waals surface area contributed by atoms with E-state index in [0.29, 0.717) is 18.7 Å². The van der Waals surface area contributed by atoms with Crippen molar-refractivity contribution >= 4 is 23.2 Å². The maximum Gasteiger partial charge on any atom is 0.243 e. The van der Waals surface area contributed by atoms with Crippen molar-refractivity contribution < 1.29 is 14.3 Å². The molecule has 0 aliphatic heterocycles. The second-order valence-corrected chi connectivity index (χ2v) is 6.53. The van der Waals surface area contributed by atoms with E-state index in [2.05, 4.69) is 5.32 Å². The van der Waals surface area contributed by atoms with Crippen LogP contribution in [-0.2, 0) is 16.0 Å². The molecule has 0 aliphatic rings. The highest BCUT2D eigenvalue weighted by molar-refractivity contribution is 5.94. The van der Waals surface area contributed by atoms with E-state index in [-0.39, 0.29) is 18.4 Å². The molecule has 6 heteroatoms. The molecule has 0 heterocycles. The first kappa shape index (κ1) is 20.3. The van der Waals surface area contributed by atoms with Crippen LogP contribution in [0.25, 0.3) is 0 Å². The van der Waals surface area contributed by atoms with Gasteiger partial charge >= 0.3 is 0 Å². The average molecular weight is 369 g/mol. The van der Waals surface area contributed by atoms with E-state index >= 15 is 0 Å². The fourth-order valence-corrected chi connectivity index (χ4v) is 2.66. The van der Waals surface area contributed by atoms with E-state index in [1.807, 2.05) is 67.5 Å². The molecule has 1 N–H and O–H groups in total. The molecule has 2 aromatic rings. The van der Waals surface area contributed by atoms with Crippen LogP contribution in [0.2, 0.25) is 0 Å². The Morgan fingerprint density at radius 2 is 1.78 bits per heavy atom. The Bertz CT molecular complexity index is 772. The number of rotatable bonds is 8. The van der Waals surface area contributed by atoms with Crippen LogP contribution in [0.4, 0.5) is 11.4 Å². The average Bonchev–Trinajstić information content (AvgIpc) is 2.65. The molecule has 0 bridgehead atoms. The van der Waals surface area contributed by atoms with Crippen LogP contribution in [0.1, 0.15) is 12.5 Å². The quantitative estimate of drug-likeness (QED) is 0.777. The number of amides is 2. The number of methoxy groups -OCH3 is 1. The van der Waals surface area contributed by atoms with Gasteiger partial charge < -0.3 is 19.9 Å². The summed E-state index contributed by atoms with van der Waals surface area (Å²) in [5, 5.41) is 2.84. The zero-order valence-electron chi connectivity index (χ0n) is 16.4. The highest BCUT2D eigenvalue weighted by Crippen LogP contribution is 2.16. The van der Waals surface area contributed by atoms with Crippen molar-refractivity contribution in [1.29, 1.82) is 0 Å². The molecular formula is C21H27N3O3. The number of ether oxygens (including phenoxy) is 1. The Labute approximate surface area is 160 Å². The summed E-state index contributed by atoms with van der Waals surface area (Å²) >= 11 is 0. The van der Waals surface area contributed by atoms with Crippen LogP contribution in [0.15, 0.2) is 48.5 Å². The Balaban J connectivity index is 1.92. The lowest BCUT2D eigenvalue weighted by molar-refractivity contribution is -0.132. The van der Waals surface area contributed by atoms with E-state index in [1.54, 1.807) is 12.0 Å². The minimum atomic E-state index is -0.214. The summed E-state index contributed by atoms with van der Waals surface area (Å²) < 4.78 is 5.22. The molecule has 2 amide bonds. The van der Waals surface area contributed by atoms with Gasteiger partial charge in [-0.2, -0.15) is 0 Å². The van der Waals surface area contributed by atoms with Crippen LogP contribution in [0.5, 0.6) is 5.75 Å². The van der Waals surface area contributed by atoms with Gasteiger partial charge in [0, 0.05) is 38.9 Å². The van der Waals surface area contributed by atoms with Crippen LogP contribution in [-0.4, -0.2) is 51.0 Å². The Hall–Kier alpha value is -3.02. The molecular weight excluding hydrogens is 342 g/mol. The fourth-order valence-electron chi connectivity index (χ4n) is 2.66. The van der Waals surface area contributed by atoms with Gasteiger partial charge in [0.15, 0.2) is 0 Å². The van der Waals surface area contributed by atoms with Crippen LogP contribution < -0.4 is 15.0 Å². The van der Waals surface area contributed by atoms with Gasteiger partial charge in [0.05, 0.1) is 13.7 Å². The number of hydrogen-bond acceptors (Lipinski definition) is 4. The van der Waals surface area contributed by atoms with Crippen molar-refractivity contribution in [3.8, 4) is 5.75 Å². The van der Waals surface area contributed by atoms with E-state index in [9.17, 15) is 9.59 Å². The summed E-state index contributed by atoms with van der Waals surface area (Å²) in [6, 6.07) is 15.3. The largest absolute Gasteiger partial charge is 0.497 e. The Kier molecular flexibility index (Phi) is 7.23. The number of anilines is 2. The lowest BCUT2D eigenvalue weighted by atomic mass is 10.1. The SMILES string of the molecule is COc1cccc(CCN(CC(=O)Nc2ccc(N(C)C)cc2)C(C)=O)c1. The van der Waals surface area contributed by atoms with Gasteiger partial charge in [-0.15, -0.1) is 0 Å². The molecule has 2 aromatic carbocycles. The van der Waals surface area contributed by atoms with Gasteiger partial charge in [-0.1, -0.05) is 12.1 Å². The lowest BCUT2D eigenvalue weighted by Gasteiger charge is -2.21. The predicted molar refractivity (Wildman–Crippen MR) is 108 cm³/mol. The van der Waals surface area contributed by atoms with E-state index in [0.717, 1.165) is 17.0 Å². The second-order valence-electron chi connectivity index (χ2n) is 6.53. The molecule has 0 saturated heterocycles. The first-order valence-corrected chi connectivity index (χ1v) is 8.84. The minimum Gasteiger partial charge on any atom is -0.497 e. The molecule has 0 fully saturated rings. The Morgan fingerprint density at radius 3 is 2.37 bits per heavy atom. The molecule has 0 aromatic heterocycles. The second kappa shape index (κ2) is 9.62. The first-order chi connectivity index (χ1) is 12.9. The summed E-state index contributed by atoms with van der Waals surface area (Å²) in [6.07, 6.45) is 0.654. The van der Waals surface area contributed by atoms with Gasteiger partial charge in [0.25, 0.3) is 0 Å². The number of carbonyl (C=O) groups excluding carboxylic acids is 2. The number of nitrogens with one attached hydrogen (secondary N) is 1. The zero-order valence-corrected chi connectivity index (χ0v) is 16.4. The minimum absolute atomic E-state index is 0.0226. The van der Waals surface area contributed by atoms with Crippen molar-refractivity contribution in [2.24, 2.45) is 0 Å². The van der Waals surface area contributed by atoms with Gasteiger partial charge in [-0.05, 0) is 48.4 Å². The van der Waals surface area contributed by atoms with Gasteiger partial charge in [-0.3, -0.25) is 9.59 Å². The van der Waals surface area contributed by atoms with Crippen molar-refractivity contribution in [1.82, 2.24) is 4.90 Å². The van der Waals surface area contributed by atoms with Crippen LogP contribution in [0.3, 0.4) is 0 Å². The Morgan fingerprint density at radius 1 is 1.07 bits per heavy atom. The number of hydrogen-bond donors (Lipinski definition) is 1. The van der Waals surface area contributed by atoms with Crippen molar-refractivity contribution in [3.05, 3.63) is 54.1 Å². The summed E-state index contributed by atoms with van der Waals surface area (Å²) in [6.45, 7) is 1.97. The molecule has 0 aliphatic carbocycles. The summed E-state index contributed by atoms with van der Waals surface area (Å²) in [5.41, 5.74) is 2.82. The molecule has 2 rings (SSSR count). The first-order valence-electron chi connectivity index (χ1n) is 8.84. The predicted octanol–water partition coefficient (Wildman–Crippen LogP) is 2.79. The number of nitrogens with zero attached hydrogens (tertiary/aromatic N) is 2. The zero-order chi connectivity index (χ0) is 19.8. The van der Waals surface area contributed by atoms with E-state index in [1.165, 1.54) is 6.92 Å². The smallest absolute Gasteiger partial charge is 0.243 e. The highest BCUT2D eigenvalue weighted by atomic mass is 16.5. The van der Waals surface area contributed by atoms with Crippen LogP contribution >= 0.6 is 0 Å².